The Hall–Kier alpha value is -1.20. The summed E-state index contributed by atoms with van der Waals surface area (Å²) in [6.07, 6.45) is 1.57. The van der Waals surface area contributed by atoms with E-state index in [1.807, 2.05) is 18.2 Å². The quantitative estimate of drug-likeness (QED) is 0.679. The first-order valence-corrected chi connectivity index (χ1v) is 7.22. The van der Waals surface area contributed by atoms with Crippen molar-refractivity contribution in [2.24, 2.45) is 0 Å². The second-order valence-electron chi connectivity index (χ2n) is 4.50. The Morgan fingerprint density at radius 3 is 2.89 bits per heavy atom. The molecule has 1 amide bonds. The lowest BCUT2D eigenvalue weighted by molar-refractivity contribution is -0.118. The van der Waals surface area contributed by atoms with Crippen molar-refractivity contribution >= 4 is 23.4 Å². The molecule has 4 N–H and O–H groups in total. The first kappa shape index (κ1) is 13.2. The number of para-hydroxylation sites is 1. The van der Waals surface area contributed by atoms with Gasteiger partial charge >= 0.3 is 0 Å². The van der Waals surface area contributed by atoms with Crippen molar-refractivity contribution < 1.29 is 9.90 Å². The highest BCUT2D eigenvalue weighted by atomic mass is 32.2. The van der Waals surface area contributed by atoms with Gasteiger partial charge in [-0.25, -0.2) is 0 Å². The molecule has 4 nitrogen and oxygen atoms in total. The van der Waals surface area contributed by atoms with Gasteiger partial charge in [-0.2, -0.15) is 0 Å². The van der Waals surface area contributed by atoms with Crippen LogP contribution in [0.1, 0.15) is 24.5 Å². The fourth-order valence-electron chi connectivity index (χ4n) is 1.66. The molecular formula is C13H18N2O2S. The maximum Gasteiger partial charge on any atom is 0.230 e. The molecule has 0 aromatic heterocycles. The zero-order valence-electron chi connectivity index (χ0n) is 10.1. The van der Waals surface area contributed by atoms with E-state index in [0.717, 1.165) is 18.4 Å². The average molecular weight is 266 g/mol. The normalized spacial score (nSPS) is 16.3. The van der Waals surface area contributed by atoms with Gasteiger partial charge in [0, 0.05) is 23.0 Å². The second-order valence-corrected chi connectivity index (χ2v) is 5.53. The fourth-order valence-corrected chi connectivity index (χ4v) is 2.45. The maximum atomic E-state index is 11.4. The first-order chi connectivity index (χ1) is 8.66. The summed E-state index contributed by atoms with van der Waals surface area (Å²) in [6, 6.07) is 7.66. The van der Waals surface area contributed by atoms with Crippen molar-refractivity contribution in [1.29, 1.82) is 0 Å². The number of hydrogen-bond acceptors (Lipinski definition) is 4. The van der Waals surface area contributed by atoms with Gasteiger partial charge in [-0.05, 0) is 18.9 Å². The van der Waals surface area contributed by atoms with Crippen LogP contribution in [-0.4, -0.2) is 28.6 Å². The molecule has 0 heterocycles. The number of rotatable bonds is 6. The van der Waals surface area contributed by atoms with Gasteiger partial charge in [0.25, 0.3) is 0 Å². The number of benzene rings is 1. The van der Waals surface area contributed by atoms with E-state index in [-0.39, 0.29) is 5.91 Å². The summed E-state index contributed by atoms with van der Waals surface area (Å²) in [7, 11) is 0. The van der Waals surface area contributed by atoms with Gasteiger partial charge in [0.15, 0.2) is 0 Å². The molecule has 0 bridgehead atoms. The average Bonchev–Trinajstić information content (AvgIpc) is 3.13. The smallest absolute Gasteiger partial charge is 0.230 e. The van der Waals surface area contributed by atoms with Crippen LogP contribution in [0.15, 0.2) is 24.3 Å². The molecule has 1 fully saturated rings. The van der Waals surface area contributed by atoms with E-state index in [4.69, 9.17) is 5.73 Å². The molecule has 1 atom stereocenters. The summed E-state index contributed by atoms with van der Waals surface area (Å²) >= 11 is 1.43. The number of aliphatic hydroxyl groups is 1. The van der Waals surface area contributed by atoms with E-state index in [9.17, 15) is 9.90 Å². The third kappa shape index (κ3) is 3.92. The zero-order valence-corrected chi connectivity index (χ0v) is 11.0. The van der Waals surface area contributed by atoms with Gasteiger partial charge in [-0.3, -0.25) is 4.79 Å². The third-order valence-electron chi connectivity index (χ3n) is 2.81. The summed E-state index contributed by atoms with van der Waals surface area (Å²) in [5.41, 5.74) is 7.10. The van der Waals surface area contributed by atoms with Gasteiger partial charge in [0.1, 0.15) is 0 Å². The van der Waals surface area contributed by atoms with E-state index in [1.165, 1.54) is 11.8 Å². The molecule has 0 aliphatic heterocycles. The molecule has 2 rings (SSSR count). The second kappa shape index (κ2) is 6.11. The summed E-state index contributed by atoms with van der Waals surface area (Å²) in [4.78, 5) is 11.4. The minimum atomic E-state index is -0.620. The zero-order chi connectivity index (χ0) is 13.0. The van der Waals surface area contributed by atoms with Gasteiger partial charge in [-0.1, -0.05) is 18.2 Å². The highest BCUT2D eigenvalue weighted by molar-refractivity contribution is 7.99. The molecule has 0 saturated heterocycles. The molecule has 1 unspecified atom stereocenters. The SMILES string of the molecule is Nc1ccccc1C(O)CSCC(=O)NC1CC1. The number of nitrogen functional groups attached to an aromatic ring is 1. The van der Waals surface area contributed by atoms with E-state index >= 15 is 0 Å². The summed E-state index contributed by atoms with van der Waals surface area (Å²) < 4.78 is 0. The largest absolute Gasteiger partial charge is 0.398 e. The number of carbonyl (C=O) groups is 1. The maximum absolute atomic E-state index is 11.4. The molecule has 1 aromatic rings. The molecule has 1 aromatic carbocycles. The van der Waals surface area contributed by atoms with Crippen LogP contribution in [0.2, 0.25) is 0 Å². The minimum absolute atomic E-state index is 0.0516. The van der Waals surface area contributed by atoms with Crippen LogP contribution in [-0.2, 0) is 4.79 Å². The van der Waals surface area contributed by atoms with E-state index < -0.39 is 6.10 Å². The number of aliphatic hydroxyl groups excluding tert-OH is 1. The van der Waals surface area contributed by atoms with Gasteiger partial charge < -0.3 is 16.2 Å². The lowest BCUT2D eigenvalue weighted by atomic mass is 10.1. The molecule has 1 aliphatic carbocycles. The van der Waals surface area contributed by atoms with Crippen molar-refractivity contribution in [2.75, 3.05) is 17.2 Å². The Kier molecular flexibility index (Phi) is 4.49. The number of anilines is 1. The van der Waals surface area contributed by atoms with Gasteiger partial charge in [0.2, 0.25) is 5.91 Å². The summed E-state index contributed by atoms with van der Waals surface area (Å²) in [6.45, 7) is 0. The van der Waals surface area contributed by atoms with Crippen LogP contribution < -0.4 is 11.1 Å². The highest BCUT2D eigenvalue weighted by Crippen LogP contribution is 2.23. The first-order valence-electron chi connectivity index (χ1n) is 6.06. The fraction of sp³-hybridized carbons (Fsp3) is 0.462. The van der Waals surface area contributed by atoms with Crippen LogP contribution >= 0.6 is 11.8 Å². The van der Waals surface area contributed by atoms with E-state index in [2.05, 4.69) is 5.32 Å². The third-order valence-corrected chi connectivity index (χ3v) is 3.82. The summed E-state index contributed by atoms with van der Waals surface area (Å²) in [5, 5.41) is 12.9. The Morgan fingerprint density at radius 2 is 2.22 bits per heavy atom. The predicted octanol–water partition coefficient (Wildman–Crippen LogP) is 1.31. The number of amides is 1. The van der Waals surface area contributed by atoms with E-state index in [0.29, 0.717) is 23.2 Å². The Morgan fingerprint density at radius 1 is 1.50 bits per heavy atom. The van der Waals surface area contributed by atoms with Gasteiger partial charge in [-0.15, -0.1) is 11.8 Å². The van der Waals surface area contributed by atoms with Crippen molar-refractivity contribution in [2.45, 2.75) is 25.0 Å². The highest BCUT2D eigenvalue weighted by Gasteiger charge is 2.23. The monoisotopic (exact) mass is 266 g/mol. The van der Waals surface area contributed by atoms with Crippen molar-refractivity contribution in [3.8, 4) is 0 Å². The number of thioether (sulfide) groups is 1. The van der Waals surface area contributed by atoms with Gasteiger partial charge in [0.05, 0.1) is 11.9 Å². The minimum Gasteiger partial charge on any atom is -0.398 e. The number of carbonyl (C=O) groups excluding carboxylic acids is 1. The lowest BCUT2D eigenvalue weighted by Gasteiger charge is -2.12. The topological polar surface area (TPSA) is 75.3 Å². The van der Waals surface area contributed by atoms with Crippen LogP contribution in [0.25, 0.3) is 0 Å². The molecule has 98 valence electrons. The Labute approximate surface area is 111 Å². The van der Waals surface area contributed by atoms with Crippen LogP contribution in [0, 0.1) is 0 Å². The molecule has 5 heteroatoms. The van der Waals surface area contributed by atoms with Crippen molar-refractivity contribution in [3.05, 3.63) is 29.8 Å². The predicted molar refractivity (Wildman–Crippen MR) is 74.3 cm³/mol. The lowest BCUT2D eigenvalue weighted by Crippen LogP contribution is -2.27. The molecule has 0 spiro atoms. The number of nitrogens with two attached hydrogens (primary N) is 1. The Balaban J connectivity index is 1.72. The standard InChI is InChI=1S/C13H18N2O2S/c14-11-4-2-1-3-10(11)12(16)7-18-8-13(17)15-9-5-6-9/h1-4,9,12,16H,5-8,14H2,(H,15,17). The van der Waals surface area contributed by atoms with Crippen LogP contribution in [0.3, 0.4) is 0 Å². The molecular weight excluding hydrogens is 248 g/mol. The molecule has 0 radical (unpaired) electrons. The van der Waals surface area contributed by atoms with Crippen molar-refractivity contribution in [3.63, 3.8) is 0 Å². The molecule has 1 saturated carbocycles. The number of hydrogen-bond donors (Lipinski definition) is 3. The summed E-state index contributed by atoms with van der Waals surface area (Å²) in [5.74, 6) is 0.919. The van der Waals surface area contributed by atoms with Crippen molar-refractivity contribution in [1.82, 2.24) is 5.32 Å². The molecule has 18 heavy (non-hydrogen) atoms. The Bertz CT molecular complexity index is 421. The van der Waals surface area contributed by atoms with Crippen LogP contribution in [0.4, 0.5) is 5.69 Å². The van der Waals surface area contributed by atoms with E-state index in [1.54, 1.807) is 6.07 Å². The van der Waals surface area contributed by atoms with Crippen LogP contribution in [0.5, 0.6) is 0 Å². The molecule has 1 aliphatic rings. The number of nitrogens with one attached hydrogen (secondary N) is 1.